The summed E-state index contributed by atoms with van der Waals surface area (Å²) in [5.41, 5.74) is 6.61. The van der Waals surface area contributed by atoms with Crippen LogP contribution in [0.2, 0.25) is 0 Å². The second kappa shape index (κ2) is 8.49. The highest BCUT2D eigenvalue weighted by Gasteiger charge is 2.47. The van der Waals surface area contributed by atoms with Gasteiger partial charge in [0.2, 0.25) is 5.91 Å². The highest BCUT2D eigenvalue weighted by Crippen LogP contribution is 2.28. The van der Waals surface area contributed by atoms with Crippen LogP contribution in [-0.4, -0.2) is 67.3 Å². The largest absolute Gasteiger partial charge is 0.335 e. The molecule has 1 aromatic rings. The van der Waals surface area contributed by atoms with Crippen LogP contribution in [0.3, 0.4) is 0 Å². The molecule has 9 heteroatoms. The van der Waals surface area contributed by atoms with Gasteiger partial charge in [-0.05, 0) is 5.56 Å². The minimum absolute atomic E-state index is 0. The van der Waals surface area contributed by atoms with Crippen molar-refractivity contribution in [1.82, 2.24) is 9.80 Å². The molecule has 2 aliphatic heterocycles. The molecule has 136 valence electrons. The van der Waals surface area contributed by atoms with Crippen LogP contribution in [-0.2, 0) is 21.2 Å². The van der Waals surface area contributed by atoms with E-state index in [1.807, 2.05) is 30.3 Å². The summed E-state index contributed by atoms with van der Waals surface area (Å²) >= 11 is 0. The van der Waals surface area contributed by atoms with E-state index in [1.54, 1.807) is 4.90 Å². The summed E-state index contributed by atoms with van der Waals surface area (Å²) in [6.07, 6.45) is 0. The number of nitrogens with two attached hydrogens (primary N) is 1. The number of sulfone groups is 1. The molecule has 3 rings (SSSR count). The molecular formula is C15H23Cl2N3O3S. The lowest BCUT2D eigenvalue weighted by atomic mass is 10.0. The number of hydrogen-bond acceptors (Lipinski definition) is 5. The van der Waals surface area contributed by atoms with E-state index < -0.39 is 9.84 Å². The van der Waals surface area contributed by atoms with Crippen molar-refractivity contribution in [1.29, 1.82) is 0 Å². The quantitative estimate of drug-likeness (QED) is 0.795. The Morgan fingerprint density at radius 3 is 2.33 bits per heavy atom. The Bertz CT molecular complexity index is 657. The lowest BCUT2D eigenvalue weighted by Gasteiger charge is -2.43. The Morgan fingerprint density at radius 1 is 1.08 bits per heavy atom. The molecular weight excluding hydrogens is 373 g/mol. The lowest BCUT2D eigenvalue weighted by molar-refractivity contribution is -0.135. The van der Waals surface area contributed by atoms with Gasteiger partial charge in [0.25, 0.3) is 0 Å². The molecule has 24 heavy (non-hydrogen) atoms. The zero-order valence-corrected chi connectivity index (χ0v) is 15.7. The van der Waals surface area contributed by atoms with Crippen LogP contribution < -0.4 is 5.73 Å². The van der Waals surface area contributed by atoms with Crippen molar-refractivity contribution in [3.8, 4) is 0 Å². The minimum Gasteiger partial charge on any atom is -0.335 e. The predicted octanol–water partition coefficient (Wildman–Crippen LogP) is 0.299. The molecule has 2 N–H and O–H groups in total. The Labute approximate surface area is 155 Å². The van der Waals surface area contributed by atoms with Gasteiger partial charge in [0.15, 0.2) is 9.84 Å². The van der Waals surface area contributed by atoms with E-state index in [0.717, 1.165) is 5.56 Å². The molecule has 0 spiro atoms. The third-order valence-corrected chi connectivity index (χ3v) is 6.21. The monoisotopic (exact) mass is 395 g/mol. The number of piperazine rings is 1. The van der Waals surface area contributed by atoms with Crippen molar-refractivity contribution in [3.05, 3.63) is 35.9 Å². The van der Waals surface area contributed by atoms with Gasteiger partial charge in [-0.25, -0.2) is 8.42 Å². The van der Waals surface area contributed by atoms with Gasteiger partial charge < -0.3 is 10.6 Å². The highest BCUT2D eigenvalue weighted by atomic mass is 35.5. The van der Waals surface area contributed by atoms with E-state index in [4.69, 9.17) is 5.73 Å². The summed E-state index contributed by atoms with van der Waals surface area (Å²) in [6, 6.07) is 9.60. The molecule has 1 amide bonds. The third-order valence-electron chi connectivity index (χ3n) is 4.51. The van der Waals surface area contributed by atoms with Crippen LogP contribution >= 0.6 is 24.8 Å². The average molecular weight is 396 g/mol. The number of nitrogens with zero attached hydrogens (tertiary/aromatic N) is 2. The fourth-order valence-corrected chi connectivity index (χ4v) is 5.48. The van der Waals surface area contributed by atoms with Crippen LogP contribution in [0.15, 0.2) is 30.3 Å². The van der Waals surface area contributed by atoms with E-state index in [0.29, 0.717) is 19.6 Å². The minimum atomic E-state index is -3.11. The van der Waals surface area contributed by atoms with Crippen LogP contribution in [0.25, 0.3) is 0 Å². The second-order valence-corrected chi connectivity index (χ2v) is 8.11. The van der Waals surface area contributed by atoms with Crippen molar-refractivity contribution >= 4 is 40.6 Å². The summed E-state index contributed by atoms with van der Waals surface area (Å²) in [6.45, 7) is 1.86. The molecule has 0 bridgehead atoms. The number of benzene rings is 1. The van der Waals surface area contributed by atoms with Gasteiger partial charge in [-0.2, -0.15) is 0 Å². The molecule has 2 heterocycles. The molecule has 0 aromatic heterocycles. The fourth-order valence-electron chi connectivity index (χ4n) is 3.47. The second-order valence-electron chi connectivity index (χ2n) is 5.96. The summed E-state index contributed by atoms with van der Waals surface area (Å²) < 4.78 is 24.1. The molecule has 2 saturated heterocycles. The first-order valence-corrected chi connectivity index (χ1v) is 9.30. The predicted molar refractivity (Wildman–Crippen MR) is 98.3 cm³/mol. The third kappa shape index (κ3) is 4.40. The molecule has 2 atom stereocenters. The van der Waals surface area contributed by atoms with Crippen molar-refractivity contribution in [2.45, 2.75) is 18.6 Å². The number of amides is 1. The van der Waals surface area contributed by atoms with Gasteiger partial charge in [-0.15, -0.1) is 24.8 Å². The van der Waals surface area contributed by atoms with Crippen LogP contribution in [0.5, 0.6) is 0 Å². The van der Waals surface area contributed by atoms with Gasteiger partial charge in [-0.3, -0.25) is 9.69 Å². The van der Waals surface area contributed by atoms with Gasteiger partial charge in [0, 0.05) is 25.7 Å². The Hall–Kier alpha value is -0.860. The number of fused-ring (bicyclic) bond motifs is 1. The first kappa shape index (κ1) is 21.2. The highest BCUT2D eigenvalue weighted by molar-refractivity contribution is 7.91. The standard InChI is InChI=1S/C15H21N3O3S.2ClH/c16-8-15(19)18-7-6-17(9-12-4-2-1-3-5-12)13-10-22(20,21)11-14(13)18;;/h1-5,13-14H,6-11,16H2;2*1H/t13-,14+;;/m1../s1. The van der Waals surface area contributed by atoms with E-state index in [-0.39, 0.29) is 60.9 Å². The van der Waals surface area contributed by atoms with Crippen molar-refractivity contribution in [2.24, 2.45) is 5.73 Å². The maximum Gasteiger partial charge on any atom is 0.236 e. The Balaban J connectivity index is 0.00000144. The van der Waals surface area contributed by atoms with Gasteiger partial charge in [-0.1, -0.05) is 30.3 Å². The van der Waals surface area contributed by atoms with Crippen LogP contribution in [0, 0.1) is 0 Å². The van der Waals surface area contributed by atoms with Crippen LogP contribution in [0.4, 0.5) is 0 Å². The zero-order chi connectivity index (χ0) is 15.7. The molecule has 6 nitrogen and oxygen atoms in total. The summed E-state index contributed by atoms with van der Waals surface area (Å²) in [5, 5.41) is 0. The summed E-state index contributed by atoms with van der Waals surface area (Å²) in [4.78, 5) is 15.8. The normalized spacial score (nSPS) is 25.3. The van der Waals surface area contributed by atoms with E-state index in [9.17, 15) is 13.2 Å². The molecule has 2 fully saturated rings. The van der Waals surface area contributed by atoms with Gasteiger partial charge in [0.1, 0.15) is 0 Å². The molecule has 0 saturated carbocycles. The van der Waals surface area contributed by atoms with Crippen LogP contribution in [0.1, 0.15) is 5.56 Å². The van der Waals surface area contributed by atoms with Crippen molar-refractivity contribution in [2.75, 3.05) is 31.1 Å². The maximum absolute atomic E-state index is 12.1. The summed E-state index contributed by atoms with van der Waals surface area (Å²) in [7, 11) is -3.11. The average Bonchev–Trinajstić information content (AvgIpc) is 2.83. The number of rotatable bonds is 3. The Kier molecular flexibility index (Phi) is 7.49. The number of halogens is 2. The molecule has 0 unspecified atom stereocenters. The maximum atomic E-state index is 12.1. The Morgan fingerprint density at radius 2 is 1.71 bits per heavy atom. The number of hydrogen-bond donors (Lipinski definition) is 1. The SMILES string of the molecule is Cl.Cl.NCC(=O)N1CCN(Cc2ccccc2)[C@@H]2CS(=O)(=O)C[C@@H]21. The molecule has 0 radical (unpaired) electrons. The first-order valence-electron chi connectivity index (χ1n) is 7.48. The fraction of sp³-hybridized carbons (Fsp3) is 0.533. The van der Waals surface area contributed by atoms with E-state index in [1.165, 1.54) is 0 Å². The van der Waals surface area contributed by atoms with Gasteiger partial charge in [0.05, 0.1) is 24.1 Å². The van der Waals surface area contributed by atoms with Gasteiger partial charge >= 0.3 is 0 Å². The first-order chi connectivity index (χ1) is 10.5. The zero-order valence-electron chi connectivity index (χ0n) is 13.2. The number of carbonyl (C=O) groups excluding carboxylic acids is 1. The lowest BCUT2D eigenvalue weighted by Crippen LogP contribution is -2.61. The molecule has 2 aliphatic rings. The molecule has 0 aliphatic carbocycles. The number of carbonyl (C=O) groups is 1. The smallest absolute Gasteiger partial charge is 0.236 e. The topological polar surface area (TPSA) is 83.7 Å². The van der Waals surface area contributed by atoms with E-state index in [2.05, 4.69) is 4.90 Å². The van der Waals surface area contributed by atoms with E-state index >= 15 is 0 Å². The van der Waals surface area contributed by atoms with Crippen molar-refractivity contribution in [3.63, 3.8) is 0 Å². The van der Waals surface area contributed by atoms with Crippen molar-refractivity contribution < 1.29 is 13.2 Å². The summed E-state index contributed by atoms with van der Waals surface area (Å²) in [5.74, 6) is 0.0135. The molecule has 1 aromatic carbocycles.